The lowest BCUT2D eigenvalue weighted by atomic mass is 10.0. The number of esters is 1. The van der Waals surface area contributed by atoms with Gasteiger partial charge in [0, 0.05) is 6.42 Å². The number of rotatable bonds is 13. The van der Waals surface area contributed by atoms with E-state index in [1.54, 1.807) is 0 Å². The van der Waals surface area contributed by atoms with E-state index in [1.165, 1.54) is 58.5 Å². The highest BCUT2D eigenvalue weighted by Crippen LogP contribution is 2.10. The van der Waals surface area contributed by atoms with Crippen LogP contribution in [0.4, 0.5) is 0 Å². The second-order valence-corrected chi connectivity index (χ2v) is 6.03. The van der Waals surface area contributed by atoms with Gasteiger partial charge in [0.2, 0.25) is 0 Å². The van der Waals surface area contributed by atoms with Gasteiger partial charge in [0.15, 0.2) is 0 Å². The van der Waals surface area contributed by atoms with Crippen molar-refractivity contribution in [2.75, 3.05) is 7.11 Å². The maximum Gasteiger partial charge on any atom is 0.305 e. The zero-order valence-electron chi connectivity index (χ0n) is 13.8. The van der Waals surface area contributed by atoms with Crippen LogP contribution < -0.4 is 0 Å². The first-order valence-electron chi connectivity index (χ1n) is 8.38. The van der Waals surface area contributed by atoms with Gasteiger partial charge in [-0.15, -0.1) is 0 Å². The molecule has 0 aliphatic heterocycles. The Labute approximate surface area is 126 Å². The minimum absolute atomic E-state index is 0.0783. The third kappa shape index (κ3) is 15.3. The fraction of sp³-hybridized carbons (Fsp3) is 0.833. The van der Waals surface area contributed by atoms with Crippen molar-refractivity contribution in [1.29, 1.82) is 0 Å². The molecule has 2 heteroatoms. The average Bonchev–Trinajstić information content (AvgIpc) is 2.43. The zero-order chi connectivity index (χ0) is 15.1. The molecule has 0 atom stereocenters. The lowest BCUT2D eigenvalue weighted by Crippen LogP contribution is -1.98. The largest absolute Gasteiger partial charge is 0.469 e. The standard InChI is InChI=1S/C18H34O2/c1-17(2)15-13-11-9-7-5-4-6-8-10-12-14-16-18(19)20-3/h5,7,17H,4,6,8-16H2,1-3H3. The van der Waals surface area contributed by atoms with Crippen LogP contribution in [0, 0.1) is 5.92 Å². The van der Waals surface area contributed by atoms with E-state index in [9.17, 15) is 4.79 Å². The molecule has 2 nitrogen and oxygen atoms in total. The fourth-order valence-corrected chi connectivity index (χ4v) is 2.21. The molecular formula is C18H34O2. The number of allylic oxidation sites excluding steroid dienone is 2. The van der Waals surface area contributed by atoms with Crippen molar-refractivity contribution in [2.24, 2.45) is 5.92 Å². The van der Waals surface area contributed by atoms with Gasteiger partial charge < -0.3 is 4.74 Å². The summed E-state index contributed by atoms with van der Waals surface area (Å²) in [6.07, 6.45) is 17.7. The van der Waals surface area contributed by atoms with Gasteiger partial charge in [-0.3, -0.25) is 4.79 Å². The topological polar surface area (TPSA) is 26.3 Å². The summed E-state index contributed by atoms with van der Waals surface area (Å²) >= 11 is 0. The molecule has 0 saturated carbocycles. The van der Waals surface area contributed by atoms with Gasteiger partial charge in [0.25, 0.3) is 0 Å². The fourth-order valence-electron chi connectivity index (χ4n) is 2.21. The molecule has 0 bridgehead atoms. The minimum atomic E-state index is -0.0783. The van der Waals surface area contributed by atoms with Crippen molar-refractivity contribution in [1.82, 2.24) is 0 Å². The predicted molar refractivity (Wildman–Crippen MR) is 86.8 cm³/mol. The van der Waals surface area contributed by atoms with Gasteiger partial charge in [-0.1, -0.05) is 58.1 Å². The number of carbonyl (C=O) groups excluding carboxylic acids is 1. The number of carbonyl (C=O) groups is 1. The van der Waals surface area contributed by atoms with Crippen LogP contribution in [0.2, 0.25) is 0 Å². The number of methoxy groups -OCH3 is 1. The van der Waals surface area contributed by atoms with Gasteiger partial charge in [-0.2, -0.15) is 0 Å². The summed E-state index contributed by atoms with van der Waals surface area (Å²) in [5.74, 6) is 0.767. The summed E-state index contributed by atoms with van der Waals surface area (Å²) < 4.78 is 4.62. The molecule has 0 N–H and O–H groups in total. The molecular weight excluding hydrogens is 248 g/mol. The number of hydrogen-bond donors (Lipinski definition) is 0. The Hall–Kier alpha value is -0.790. The van der Waals surface area contributed by atoms with Crippen molar-refractivity contribution in [3.8, 4) is 0 Å². The van der Waals surface area contributed by atoms with Gasteiger partial charge in [0.05, 0.1) is 7.11 Å². The molecule has 0 aromatic carbocycles. The highest BCUT2D eigenvalue weighted by Gasteiger charge is 1.98. The molecule has 0 aliphatic carbocycles. The van der Waals surface area contributed by atoms with Crippen molar-refractivity contribution >= 4 is 5.97 Å². The molecule has 20 heavy (non-hydrogen) atoms. The summed E-state index contributed by atoms with van der Waals surface area (Å²) in [6, 6.07) is 0. The maximum absolute atomic E-state index is 10.9. The molecule has 0 aliphatic rings. The minimum Gasteiger partial charge on any atom is -0.469 e. The van der Waals surface area contributed by atoms with E-state index in [1.807, 2.05) is 0 Å². The Bertz CT molecular complexity index is 244. The van der Waals surface area contributed by atoms with E-state index in [2.05, 4.69) is 30.7 Å². The molecule has 0 radical (unpaired) electrons. The van der Waals surface area contributed by atoms with Crippen molar-refractivity contribution in [3.05, 3.63) is 12.2 Å². The third-order valence-corrected chi connectivity index (χ3v) is 3.55. The molecule has 0 aromatic heterocycles. The van der Waals surface area contributed by atoms with Gasteiger partial charge in [-0.25, -0.2) is 0 Å². The van der Waals surface area contributed by atoms with E-state index in [0.717, 1.165) is 18.8 Å². The average molecular weight is 282 g/mol. The molecule has 0 unspecified atom stereocenters. The zero-order valence-corrected chi connectivity index (χ0v) is 13.8. The van der Waals surface area contributed by atoms with Crippen LogP contribution in [0.3, 0.4) is 0 Å². The van der Waals surface area contributed by atoms with Gasteiger partial charge >= 0.3 is 5.97 Å². The van der Waals surface area contributed by atoms with E-state index in [4.69, 9.17) is 0 Å². The second-order valence-electron chi connectivity index (χ2n) is 6.03. The van der Waals surface area contributed by atoms with Crippen LogP contribution in [0.1, 0.15) is 84.5 Å². The number of unbranched alkanes of at least 4 members (excludes halogenated alkanes) is 7. The van der Waals surface area contributed by atoms with Crippen LogP contribution in [-0.4, -0.2) is 13.1 Å². The van der Waals surface area contributed by atoms with Crippen molar-refractivity contribution in [2.45, 2.75) is 84.5 Å². The monoisotopic (exact) mass is 282 g/mol. The van der Waals surface area contributed by atoms with Gasteiger partial charge in [-0.05, 0) is 38.0 Å². The maximum atomic E-state index is 10.9. The quantitative estimate of drug-likeness (QED) is 0.247. The first-order chi connectivity index (χ1) is 9.66. The van der Waals surface area contributed by atoms with Crippen LogP contribution >= 0.6 is 0 Å². The summed E-state index contributed by atoms with van der Waals surface area (Å²) in [5.41, 5.74) is 0. The molecule has 118 valence electrons. The molecule has 0 aromatic rings. The summed E-state index contributed by atoms with van der Waals surface area (Å²) in [4.78, 5) is 10.9. The van der Waals surface area contributed by atoms with Crippen LogP contribution in [0.5, 0.6) is 0 Å². The molecule has 0 heterocycles. The lowest BCUT2D eigenvalue weighted by Gasteiger charge is -2.02. The molecule has 0 saturated heterocycles. The van der Waals surface area contributed by atoms with E-state index >= 15 is 0 Å². The molecule has 0 fully saturated rings. The second kappa shape index (κ2) is 14.6. The van der Waals surface area contributed by atoms with E-state index in [-0.39, 0.29) is 5.97 Å². The first-order valence-corrected chi connectivity index (χ1v) is 8.38. The van der Waals surface area contributed by atoms with Gasteiger partial charge in [0.1, 0.15) is 0 Å². The lowest BCUT2D eigenvalue weighted by molar-refractivity contribution is -0.140. The van der Waals surface area contributed by atoms with Crippen molar-refractivity contribution < 1.29 is 9.53 Å². The summed E-state index contributed by atoms with van der Waals surface area (Å²) in [7, 11) is 1.46. The Balaban J connectivity index is 3.14. The smallest absolute Gasteiger partial charge is 0.305 e. The Morgan fingerprint density at radius 1 is 0.900 bits per heavy atom. The van der Waals surface area contributed by atoms with Crippen LogP contribution in [0.25, 0.3) is 0 Å². The number of ether oxygens (including phenoxy) is 1. The Kier molecular flexibility index (Phi) is 14.0. The van der Waals surface area contributed by atoms with Crippen LogP contribution in [0.15, 0.2) is 12.2 Å². The first kappa shape index (κ1) is 19.2. The van der Waals surface area contributed by atoms with E-state index in [0.29, 0.717) is 6.42 Å². The Morgan fingerprint density at radius 3 is 2.05 bits per heavy atom. The van der Waals surface area contributed by atoms with Crippen LogP contribution in [-0.2, 0) is 9.53 Å². The predicted octanol–water partition coefficient (Wildman–Crippen LogP) is 5.66. The highest BCUT2D eigenvalue weighted by atomic mass is 16.5. The third-order valence-electron chi connectivity index (χ3n) is 3.55. The Morgan fingerprint density at radius 2 is 1.45 bits per heavy atom. The SMILES string of the molecule is COC(=O)CCCCCCCC=CCCCCC(C)C. The summed E-state index contributed by atoms with van der Waals surface area (Å²) in [6.45, 7) is 4.59. The number of hydrogen-bond acceptors (Lipinski definition) is 2. The molecule has 0 amide bonds. The highest BCUT2D eigenvalue weighted by molar-refractivity contribution is 5.68. The normalized spacial score (nSPS) is 11.4. The van der Waals surface area contributed by atoms with Crippen molar-refractivity contribution in [3.63, 3.8) is 0 Å². The molecule has 0 rings (SSSR count). The molecule has 0 spiro atoms. The summed E-state index contributed by atoms with van der Waals surface area (Å²) in [5, 5.41) is 0. The van der Waals surface area contributed by atoms with E-state index < -0.39 is 0 Å².